The number of benzene rings is 1. The zero-order valence-electron chi connectivity index (χ0n) is 9.33. The highest BCUT2D eigenvalue weighted by Crippen LogP contribution is 2.34. The average Bonchev–Trinajstić information content (AvgIpc) is 2.63. The molecule has 0 radical (unpaired) electrons. The first-order valence-corrected chi connectivity index (χ1v) is 6.53. The van der Waals surface area contributed by atoms with Gasteiger partial charge in [0.15, 0.2) is 0 Å². The van der Waals surface area contributed by atoms with Crippen molar-refractivity contribution in [1.29, 1.82) is 0 Å². The molecule has 1 aromatic rings. The van der Waals surface area contributed by atoms with E-state index in [4.69, 9.17) is 5.11 Å². The molecule has 0 spiro atoms. The zero-order valence-corrected chi connectivity index (χ0v) is 10.9. The summed E-state index contributed by atoms with van der Waals surface area (Å²) in [5.74, 6) is -1.12. The lowest BCUT2D eigenvalue weighted by Crippen LogP contribution is -2.20. The third kappa shape index (κ3) is 3.06. The highest BCUT2D eigenvalue weighted by molar-refractivity contribution is 9.10. The fourth-order valence-corrected chi connectivity index (χ4v) is 3.15. The molecular formula is C13H14BrFO2. The normalized spacial score (nSPS) is 23.9. The van der Waals surface area contributed by atoms with Gasteiger partial charge in [0, 0.05) is 4.47 Å². The highest BCUT2D eigenvalue weighted by Gasteiger charge is 2.32. The lowest BCUT2D eigenvalue weighted by molar-refractivity contribution is -0.142. The molecule has 1 fully saturated rings. The van der Waals surface area contributed by atoms with Gasteiger partial charge in [0.1, 0.15) is 5.82 Å². The van der Waals surface area contributed by atoms with Gasteiger partial charge < -0.3 is 5.11 Å². The van der Waals surface area contributed by atoms with E-state index in [1.54, 1.807) is 0 Å². The van der Waals surface area contributed by atoms with Crippen LogP contribution in [0.25, 0.3) is 0 Å². The predicted octanol–water partition coefficient (Wildman–Crippen LogP) is 3.63. The number of rotatable bonds is 3. The lowest BCUT2D eigenvalue weighted by Gasteiger charge is -2.15. The summed E-state index contributed by atoms with van der Waals surface area (Å²) in [6.45, 7) is 0. The van der Waals surface area contributed by atoms with Crippen LogP contribution in [-0.2, 0) is 11.2 Å². The van der Waals surface area contributed by atoms with Gasteiger partial charge in [-0.05, 0) is 48.9 Å². The first kappa shape index (κ1) is 12.6. The van der Waals surface area contributed by atoms with Crippen LogP contribution in [-0.4, -0.2) is 11.1 Å². The topological polar surface area (TPSA) is 37.3 Å². The summed E-state index contributed by atoms with van der Waals surface area (Å²) in [6.07, 6.45) is 3.27. The lowest BCUT2D eigenvalue weighted by atomic mass is 9.90. The van der Waals surface area contributed by atoms with Crippen molar-refractivity contribution < 1.29 is 14.3 Å². The van der Waals surface area contributed by atoms with E-state index < -0.39 is 5.97 Å². The van der Waals surface area contributed by atoms with Crippen LogP contribution >= 0.6 is 15.9 Å². The molecule has 1 saturated carbocycles. The van der Waals surface area contributed by atoms with Crippen LogP contribution in [0.15, 0.2) is 22.7 Å². The minimum Gasteiger partial charge on any atom is -0.481 e. The van der Waals surface area contributed by atoms with Crippen molar-refractivity contribution in [3.8, 4) is 0 Å². The number of carboxylic acids is 1. The molecule has 4 heteroatoms. The van der Waals surface area contributed by atoms with Crippen LogP contribution in [0.1, 0.15) is 24.8 Å². The van der Waals surface area contributed by atoms with E-state index in [0.29, 0.717) is 10.9 Å². The average molecular weight is 301 g/mol. The molecule has 1 aliphatic rings. The Morgan fingerprint density at radius 1 is 1.41 bits per heavy atom. The van der Waals surface area contributed by atoms with Gasteiger partial charge in [-0.1, -0.05) is 22.4 Å². The van der Waals surface area contributed by atoms with E-state index in [9.17, 15) is 9.18 Å². The largest absolute Gasteiger partial charge is 0.481 e. The fourth-order valence-electron chi connectivity index (χ4n) is 2.64. The minimum absolute atomic E-state index is 0.140. The van der Waals surface area contributed by atoms with Crippen molar-refractivity contribution in [3.63, 3.8) is 0 Å². The first-order chi connectivity index (χ1) is 8.06. The van der Waals surface area contributed by atoms with Crippen molar-refractivity contribution in [2.24, 2.45) is 11.8 Å². The van der Waals surface area contributed by atoms with Crippen LogP contribution in [0, 0.1) is 17.7 Å². The van der Waals surface area contributed by atoms with Gasteiger partial charge in [0.05, 0.1) is 5.92 Å². The third-order valence-corrected chi connectivity index (χ3v) is 3.85. The Morgan fingerprint density at radius 3 is 2.82 bits per heavy atom. The Bertz CT molecular complexity index is 413. The van der Waals surface area contributed by atoms with E-state index in [0.717, 1.165) is 24.8 Å². The number of hydrogen-bond donors (Lipinski definition) is 1. The number of halogens is 2. The summed E-state index contributed by atoms with van der Waals surface area (Å²) in [7, 11) is 0. The highest BCUT2D eigenvalue weighted by atomic mass is 79.9. The van der Waals surface area contributed by atoms with Gasteiger partial charge in [-0.3, -0.25) is 4.79 Å². The van der Waals surface area contributed by atoms with Crippen molar-refractivity contribution in [2.45, 2.75) is 25.7 Å². The molecule has 92 valence electrons. The van der Waals surface area contributed by atoms with E-state index in [1.165, 1.54) is 12.1 Å². The van der Waals surface area contributed by atoms with Crippen LogP contribution in [0.2, 0.25) is 0 Å². The third-order valence-electron chi connectivity index (χ3n) is 3.40. The molecule has 0 aliphatic heterocycles. The summed E-state index contributed by atoms with van der Waals surface area (Å²) in [5, 5.41) is 9.09. The molecular weight excluding hydrogens is 287 g/mol. The number of aliphatic carboxylic acids is 1. The quantitative estimate of drug-likeness (QED) is 0.925. The standard InChI is InChI=1S/C13H14BrFO2/c14-10-5-8(6-11(15)7-10)4-9-2-1-3-12(9)13(16)17/h5-7,9,12H,1-4H2,(H,16,17). The molecule has 1 aromatic carbocycles. The smallest absolute Gasteiger partial charge is 0.306 e. The number of hydrogen-bond acceptors (Lipinski definition) is 1. The van der Waals surface area contributed by atoms with Crippen molar-refractivity contribution in [1.82, 2.24) is 0 Å². The summed E-state index contributed by atoms with van der Waals surface area (Å²) < 4.78 is 13.9. The molecule has 0 amide bonds. The molecule has 1 N–H and O–H groups in total. The van der Waals surface area contributed by atoms with Crippen LogP contribution in [0.3, 0.4) is 0 Å². The zero-order chi connectivity index (χ0) is 12.4. The van der Waals surface area contributed by atoms with Gasteiger partial charge in [-0.25, -0.2) is 4.39 Å². The van der Waals surface area contributed by atoms with Crippen molar-refractivity contribution in [2.75, 3.05) is 0 Å². The van der Waals surface area contributed by atoms with E-state index in [1.807, 2.05) is 6.07 Å². The van der Waals surface area contributed by atoms with Gasteiger partial charge in [-0.2, -0.15) is 0 Å². The van der Waals surface area contributed by atoms with Crippen molar-refractivity contribution in [3.05, 3.63) is 34.1 Å². The monoisotopic (exact) mass is 300 g/mol. The molecule has 0 saturated heterocycles. The summed E-state index contributed by atoms with van der Waals surface area (Å²) in [6, 6.07) is 4.76. The second-order valence-electron chi connectivity index (χ2n) is 4.62. The van der Waals surface area contributed by atoms with E-state index >= 15 is 0 Å². The van der Waals surface area contributed by atoms with Crippen LogP contribution in [0.4, 0.5) is 4.39 Å². The van der Waals surface area contributed by atoms with E-state index in [2.05, 4.69) is 15.9 Å². The molecule has 17 heavy (non-hydrogen) atoms. The Kier molecular flexibility index (Phi) is 3.82. The molecule has 2 rings (SSSR count). The summed E-state index contributed by atoms with van der Waals surface area (Å²) >= 11 is 3.25. The molecule has 2 atom stereocenters. The molecule has 2 nitrogen and oxygen atoms in total. The van der Waals surface area contributed by atoms with Gasteiger partial charge in [0.2, 0.25) is 0 Å². The van der Waals surface area contributed by atoms with E-state index in [-0.39, 0.29) is 17.7 Å². The maximum Gasteiger partial charge on any atom is 0.306 e. The number of carboxylic acid groups (broad SMARTS) is 1. The maximum absolute atomic E-state index is 13.2. The van der Waals surface area contributed by atoms with Crippen molar-refractivity contribution >= 4 is 21.9 Å². The van der Waals surface area contributed by atoms with Crippen LogP contribution < -0.4 is 0 Å². The minimum atomic E-state index is -0.719. The second kappa shape index (κ2) is 5.17. The SMILES string of the molecule is O=C(O)C1CCCC1Cc1cc(F)cc(Br)c1. The Morgan fingerprint density at radius 2 is 2.18 bits per heavy atom. The molecule has 2 unspecified atom stereocenters. The second-order valence-corrected chi connectivity index (χ2v) is 5.53. The van der Waals surface area contributed by atoms with Gasteiger partial charge in [0.25, 0.3) is 0 Å². The Hall–Kier alpha value is -0.900. The summed E-state index contributed by atoms with van der Waals surface area (Å²) in [5.41, 5.74) is 0.870. The predicted molar refractivity (Wildman–Crippen MR) is 66.3 cm³/mol. The fraction of sp³-hybridized carbons (Fsp3) is 0.462. The van der Waals surface area contributed by atoms with Gasteiger partial charge >= 0.3 is 5.97 Å². The molecule has 1 aliphatic carbocycles. The Labute approximate surface area is 108 Å². The van der Waals surface area contributed by atoms with Crippen LogP contribution in [0.5, 0.6) is 0 Å². The molecule has 0 heterocycles. The molecule has 0 aromatic heterocycles. The van der Waals surface area contributed by atoms with Gasteiger partial charge in [-0.15, -0.1) is 0 Å². The summed E-state index contributed by atoms with van der Waals surface area (Å²) in [4.78, 5) is 11.1. The Balaban J connectivity index is 2.12. The molecule has 0 bridgehead atoms. The number of carbonyl (C=O) groups is 1. The maximum atomic E-state index is 13.2. The first-order valence-electron chi connectivity index (χ1n) is 5.74.